The van der Waals surface area contributed by atoms with E-state index in [1.54, 1.807) is 20.3 Å². The van der Waals surface area contributed by atoms with Gasteiger partial charge in [0, 0.05) is 25.8 Å². The second-order valence-corrected chi connectivity index (χ2v) is 5.27. The van der Waals surface area contributed by atoms with Gasteiger partial charge in [0.2, 0.25) is 5.91 Å². The molecule has 1 heterocycles. The first-order chi connectivity index (χ1) is 10.2. The van der Waals surface area contributed by atoms with Gasteiger partial charge in [0.1, 0.15) is 5.75 Å². The molecule has 0 saturated carbocycles. The first-order valence-corrected chi connectivity index (χ1v) is 7.28. The molecule has 1 fully saturated rings. The topological polar surface area (TPSA) is 38.8 Å². The van der Waals surface area contributed by atoms with E-state index < -0.39 is 0 Å². The predicted molar refractivity (Wildman–Crippen MR) is 83.4 cm³/mol. The summed E-state index contributed by atoms with van der Waals surface area (Å²) in [6.07, 6.45) is 4.24. The number of methoxy groups -OCH3 is 2. The molecule has 1 aromatic carbocycles. The lowest BCUT2D eigenvalue weighted by Crippen LogP contribution is -2.41. The van der Waals surface area contributed by atoms with Crippen molar-refractivity contribution in [1.82, 2.24) is 4.90 Å². The van der Waals surface area contributed by atoms with Crippen molar-refractivity contribution in [3.05, 3.63) is 35.9 Å². The summed E-state index contributed by atoms with van der Waals surface area (Å²) in [7, 11) is 3.36. The minimum atomic E-state index is 0.143. The molecule has 1 aromatic rings. The Morgan fingerprint density at radius 1 is 1.38 bits per heavy atom. The zero-order valence-corrected chi connectivity index (χ0v) is 12.8. The second-order valence-electron chi connectivity index (χ2n) is 5.27. The molecule has 0 bridgehead atoms. The Bertz CT molecular complexity index is 505. The number of ether oxygens (including phenoxy) is 2. The summed E-state index contributed by atoms with van der Waals surface area (Å²) < 4.78 is 10.7. The van der Waals surface area contributed by atoms with Crippen molar-refractivity contribution in [1.29, 1.82) is 0 Å². The number of carbonyl (C=O) groups excluding carboxylic acids is 1. The van der Waals surface area contributed by atoms with Gasteiger partial charge in [0.15, 0.2) is 0 Å². The van der Waals surface area contributed by atoms with Crippen molar-refractivity contribution < 1.29 is 14.3 Å². The first kappa shape index (κ1) is 15.6. The molecule has 0 spiro atoms. The summed E-state index contributed by atoms with van der Waals surface area (Å²) in [6.45, 7) is 5.29. The maximum Gasteiger partial charge on any atom is 0.227 e. The molecule has 0 aromatic heterocycles. The predicted octanol–water partition coefficient (Wildman–Crippen LogP) is 2.52. The van der Waals surface area contributed by atoms with Crippen LogP contribution in [0.5, 0.6) is 5.75 Å². The van der Waals surface area contributed by atoms with Gasteiger partial charge in [0.25, 0.3) is 0 Å². The third-order valence-electron chi connectivity index (χ3n) is 4.01. The number of hydrogen-bond donors (Lipinski definition) is 0. The zero-order valence-electron chi connectivity index (χ0n) is 12.8. The highest BCUT2D eigenvalue weighted by Gasteiger charge is 2.23. The monoisotopic (exact) mass is 289 g/mol. The number of rotatable bonds is 5. The van der Waals surface area contributed by atoms with E-state index in [4.69, 9.17) is 9.47 Å². The lowest BCUT2D eigenvalue weighted by molar-refractivity contribution is -0.132. The number of nitrogens with zero attached hydrogens (tertiary/aromatic N) is 1. The Morgan fingerprint density at radius 2 is 2.10 bits per heavy atom. The molecule has 114 valence electrons. The molecule has 1 saturated heterocycles. The molecule has 0 unspecified atom stereocenters. The number of piperidine rings is 1. The van der Waals surface area contributed by atoms with Gasteiger partial charge in [-0.25, -0.2) is 0 Å². The van der Waals surface area contributed by atoms with Gasteiger partial charge in [-0.2, -0.15) is 0 Å². The molecule has 0 aliphatic carbocycles. The average Bonchev–Trinajstić information content (AvgIpc) is 2.54. The molecular formula is C17H23NO3. The van der Waals surface area contributed by atoms with Crippen LogP contribution in [0, 0.1) is 0 Å². The van der Waals surface area contributed by atoms with Crippen LogP contribution in [-0.2, 0) is 16.0 Å². The quantitative estimate of drug-likeness (QED) is 0.836. The largest absolute Gasteiger partial charge is 0.496 e. The van der Waals surface area contributed by atoms with E-state index in [-0.39, 0.29) is 12.0 Å². The summed E-state index contributed by atoms with van der Waals surface area (Å²) in [6, 6.07) is 5.78. The normalized spacial score (nSPS) is 15.8. The molecule has 0 atom stereocenters. The van der Waals surface area contributed by atoms with Crippen LogP contribution in [-0.4, -0.2) is 44.2 Å². The maximum absolute atomic E-state index is 12.4. The molecule has 1 amide bonds. The van der Waals surface area contributed by atoms with Crippen molar-refractivity contribution >= 4 is 12.0 Å². The number of amides is 1. The highest BCUT2D eigenvalue weighted by molar-refractivity contribution is 5.80. The molecule has 4 heteroatoms. The van der Waals surface area contributed by atoms with Crippen molar-refractivity contribution in [2.24, 2.45) is 0 Å². The minimum Gasteiger partial charge on any atom is -0.496 e. The summed E-state index contributed by atoms with van der Waals surface area (Å²) in [5.41, 5.74) is 1.91. The standard InChI is InChI=1S/C17H23NO3/c1-4-13-5-6-16(21-3)14(11-13)12-17(19)18-9-7-15(20-2)8-10-18/h4-6,11,15H,1,7-10,12H2,2-3H3. The van der Waals surface area contributed by atoms with Gasteiger partial charge in [-0.3, -0.25) is 4.79 Å². The van der Waals surface area contributed by atoms with Crippen LogP contribution < -0.4 is 4.74 Å². The van der Waals surface area contributed by atoms with Crippen LogP contribution in [0.3, 0.4) is 0 Å². The van der Waals surface area contributed by atoms with Crippen molar-refractivity contribution in [3.8, 4) is 5.75 Å². The Hall–Kier alpha value is -1.81. The Labute approximate surface area is 126 Å². The van der Waals surface area contributed by atoms with Gasteiger partial charge >= 0.3 is 0 Å². The van der Waals surface area contributed by atoms with Gasteiger partial charge in [0.05, 0.1) is 19.6 Å². The fraction of sp³-hybridized carbons (Fsp3) is 0.471. The fourth-order valence-electron chi connectivity index (χ4n) is 2.68. The lowest BCUT2D eigenvalue weighted by Gasteiger charge is -2.31. The van der Waals surface area contributed by atoms with Crippen LogP contribution in [0.4, 0.5) is 0 Å². The molecule has 0 radical (unpaired) electrons. The molecule has 0 N–H and O–H groups in total. The van der Waals surface area contributed by atoms with Crippen molar-refractivity contribution in [2.45, 2.75) is 25.4 Å². The third kappa shape index (κ3) is 3.85. The van der Waals surface area contributed by atoms with Crippen LogP contribution in [0.25, 0.3) is 6.08 Å². The Kier molecular flexibility index (Phi) is 5.39. The van der Waals surface area contributed by atoms with E-state index in [0.29, 0.717) is 6.42 Å². The van der Waals surface area contributed by atoms with Gasteiger partial charge in [-0.05, 0) is 30.5 Å². The van der Waals surface area contributed by atoms with Gasteiger partial charge in [-0.15, -0.1) is 0 Å². The van der Waals surface area contributed by atoms with E-state index in [9.17, 15) is 4.79 Å². The minimum absolute atomic E-state index is 0.143. The van der Waals surface area contributed by atoms with Crippen LogP contribution in [0.15, 0.2) is 24.8 Å². The van der Waals surface area contributed by atoms with Crippen molar-refractivity contribution in [3.63, 3.8) is 0 Å². The number of carbonyl (C=O) groups is 1. The second kappa shape index (κ2) is 7.27. The maximum atomic E-state index is 12.4. The summed E-state index contributed by atoms with van der Waals surface area (Å²) in [5.74, 6) is 0.893. The molecule has 1 aliphatic heterocycles. The van der Waals surface area contributed by atoms with Gasteiger partial charge in [-0.1, -0.05) is 18.7 Å². The van der Waals surface area contributed by atoms with E-state index in [2.05, 4.69) is 6.58 Å². The summed E-state index contributed by atoms with van der Waals surface area (Å²) in [5, 5.41) is 0. The van der Waals surface area contributed by atoms with Crippen LogP contribution >= 0.6 is 0 Å². The summed E-state index contributed by atoms with van der Waals surface area (Å²) in [4.78, 5) is 14.3. The number of likely N-dealkylation sites (tertiary alicyclic amines) is 1. The molecule has 2 rings (SSSR count). The van der Waals surface area contributed by atoms with Crippen LogP contribution in [0.2, 0.25) is 0 Å². The zero-order chi connectivity index (χ0) is 15.2. The van der Waals surface area contributed by atoms with E-state index in [1.807, 2.05) is 23.1 Å². The smallest absolute Gasteiger partial charge is 0.227 e. The highest BCUT2D eigenvalue weighted by atomic mass is 16.5. The fourth-order valence-corrected chi connectivity index (χ4v) is 2.68. The number of benzene rings is 1. The summed E-state index contributed by atoms with van der Waals surface area (Å²) >= 11 is 0. The SMILES string of the molecule is C=Cc1ccc(OC)c(CC(=O)N2CCC(OC)CC2)c1. The van der Waals surface area contributed by atoms with Gasteiger partial charge < -0.3 is 14.4 Å². The molecule has 21 heavy (non-hydrogen) atoms. The number of hydrogen-bond acceptors (Lipinski definition) is 3. The average molecular weight is 289 g/mol. The Balaban J connectivity index is 2.04. The molecule has 1 aliphatic rings. The van der Waals surface area contributed by atoms with Crippen molar-refractivity contribution in [2.75, 3.05) is 27.3 Å². The van der Waals surface area contributed by atoms with Crippen LogP contribution in [0.1, 0.15) is 24.0 Å². The molecular weight excluding hydrogens is 266 g/mol. The first-order valence-electron chi connectivity index (χ1n) is 7.28. The van der Waals surface area contributed by atoms with E-state index >= 15 is 0 Å². The van der Waals surface area contributed by atoms with E-state index in [1.165, 1.54) is 0 Å². The Morgan fingerprint density at radius 3 is 2.67 bits per heavy atom. The lowest BCUT2D eigenvalue weighted by atomic mass is 10.0. The van der Waals surface area contributed by atoms with E-state index in [0.717, 1.165) is 42.8 Å². The molecule has 4 nitrogen and oxygen atoms in total. The highest BCUT2D eigenvalue weighted by Crippen LogP contribution is 2.22. The third-order valence-corrected chi connectivity index (χ3v) is 4.01.